The molecule has 1 aliphatic heterocycles. The first-order valence-electron chi connectivity index (χ1n) is 7.50. The van der Waals surface area contributed by atoms with Crippen LogP contribution in [0.15, 0.2) is 17.5 Å². The summed E-state index contributed by atoms with van der Waals surface area (Å²) >= 11 is 1.79. The van der Waals surface area contributed by atoms with Crippen LogP contribution in [0.5, 0.6) is 0 Å². The van der Waals surface area contributed by atoms with Gasteiger partial charge in [-0.3, -0.25) is 9.69 Å². The summed E-state index contributed by atoms with van der Waals surface area (Å²) in [5, 5.41) is 8.29. The number of hydrogen-bond donors (Lipinski definition) is 2. The highest BCUT2D eigenvalue weighted by molar-refractivity contribution is 7.10. The molecule has 1 fully saturated rings. The second-order valence-electron chi connectivity index (χ2n) is 5.29. The van der Waals surface area contributed by atoms with Gasteiger partial charge in [-0.05, 0) is 57.4 Å². The third kappa shape index (κ3) is 4.58. The van der Waals surface area contributed by atoms with E-state index in [0.717, 1.165) is 32.6 Å². The van der Waals surface area contributed by atoms with Gasteiger partial charge >= 0.3 is 0 Å². The minimum absolute atomic E-state index is 0.168. The van der Waals surface area contributed by atoms with Crippen LogP contribution in [0, 0.1) is 0 Å². The van der Waals surface area contributed by atoms with Crippen molar-refractivity contribution < 1.29 is 4.79 Å². The van der Waals surface area contributed by atoms with E-state index in [1.807, 2.05) is 7.05 Å². The lowest BCUT2D eigenvalue weighted by Crippen LogP contribution is -2.36. The molecule has 0 saturated carbocycles. The van der Waals surface area contributed by atoms with Crippen molar-refractivity contribution in [3.05, 3.63) is 22.4 Å². The lowest BCUT2D eigenvalue weighted by Gasteiger charge is -2.26. The molecule has 1 unspecified atom stereocenters. The molecule has 1 amide bonds. The van der Waals surface area contributed by atoms with Crippen LogP contribution in [0.4, 0.5) is 0 Å². The maximum atomic E-state index is 11.9. The topological polar surface area (TPSA) is 44.4 Å². The standard InChI is InChI=1S/C15H25N3OS/c1-16-8-4-7-15(19)17-12-13(14-6-5-11-20-14)18-9-2-3-10-18/h5-6,11,13,16H,2-4,7-10,12H2,1H3,(H,17,19). The minimum Gasteiger partial charge on any atom is -0.354 e. The molecule has 0 radical (unpaired) electrons. The van der Waals surface area contributed by atoms with Gasteiger partial charge in [-0.2, -0.15) is 0 Å². The first kappa shape index (κ1) is 15.5. The quantitative estimate of drug-likeness (QED) is 0.721. The van der Waals surface area contributed by atoms with E-state index < -0.39 is 0 Å². The van der Waals surface area contributed by atoms with Crippen LogP contribution in [0.25, 0.3) is 0 Å². The predicted octanol–water partition coefficient (Wildman–Crippen LogP) is 2.00. The van der Waals surface area contributed by atoms with Crippen LogP contribution in [-0.4, -0.2) is 44.0 Å². The molecule has 2 rings (SSSR count). The number of hydrogen-bond acceptors (Lipinski definition) is 4. The summed E-state index contributed by atoms with van der Waals surface area (Å²) in [7, 11) is 1.91. The minimum atomic E-state index is 0.168. The zero-order valence-corrected chi connectivity index (χ0v) is 13.0. The molecule has 1 aromatic rings. The SMILES string of the molecule is CNCCCC(=O)NCC(c1cccs1)N1CCCC1. The highest BCUT2D eigenvalue weighted by Crippen LogP contribution is 2.27. The van der Waals surface area contributed by atoms with Crippen molar-refractivity contribution in [2.75, 3.05) is 33.2 Å². The summed E-state index contributed by atoms with van der Waals surface area (Å²) in [5.74, 6) is 0.168. The van der Waals surface area contributed by atoms with Gasteiger partial charge in [-0.25, -0.2) is 0 Å². The second-order valence-corrected chi connectivity index (χ2v) is 6.26. The molecule has 0 spiro atoms. The lowest BCUT2D eigenvalue weighted by atomic mass is 10.2. The van der Waals surface area contributed by atoms with Crippen molar-refractivity contribution in [3.8, 4) is 0 Å². The number of nitrogens with zero attached hydrogens (tertiary/aromatic N) is 1. The number of thiophene rings is 1. The Kier molecular flexibility index (Phi) is 6.50. The van der Waals surface area contributed by atoms with Crippen molar-refractivity contribution >= 4 is 17.2 Å². The average molecular weight is 295 g/mol. The summed E-state index contributed by atoms with van der Waals surface area (Å²) in [6.07, 6.45) is 4.06. The van der Waals surface area contributed by atoms with Crippen LogP contribution in [0.1, 0.15) is 36.6 Å². The van der Waals surface area contributed by atoms with E-state index in [0.29, 0.717) is 12.5 Å². The van der Waals surface area contributed by atoms with E-state index in [1.54, 1.807) is 11.3 Å². The number of carbonyl (C=O) groups excluding carboxylic acids is 1. The van der Waals surface area contributed by atoms with Gasteiger partial charge in [-0.15, -0.1) is 11.3 Å². The summed E-state index contributed by atoms with van der Waals surface area (Å²) in [6, 6.07) is 4.63. The van der Waals surface area contributed by atoms with Gasteiger partial charge in [0, 0.05) is 17.8 Å². The molecule has 112 valence electrons. The fourth-order valence-corrected chi connectivity index (χ4v) is 3.53. The van der Waals surface area contributed by atoms with Crippen molar-refractivity contribution in [1.82, 2.24) is 15.5 Å². The van der Waals surface area contributed by atoms with E-state index in [4.69, 9.17) is 0 Å². The molecule has 5 heteroatoms. The molecule has 2 N–H and O–H groups in total. The number of likely N-dealkylation sites (tertiary alicyclic amines) is 1. The first-order chi connectivity index (χ1) is 9.81. The molecule has 1 atom stereocenters. The van der Waals surface area contributed by atoms with Gasteiger partial charge in [0.1, 0.15) is 0 Å². The van der Waals surface area contributed by atoms with Crippen LogP contribution in [0.3, 0.4) is 0 Å². The lowest BCUT2D eigenvalue weighted by molar-refractivity contribution is -0.121. The molecule has 4 nitrogen and oxygen atoms in total. The largest absolute Gasteiger partial charge is 0.354 e. The smallest absolute Gasteiger partial charge is 0.220 e. The molecular weight excluding hydrogens is 270 g/mol. The Morgan fingerprint density at radius 1 is 1.45 bits per heavy atom. The van der Waals surface area contributed by atoms with Crippen molar-refractivity contribution in [1.29, 1.82) is 0 Å². The van der Waals surface area contributed by atoms with Crippen LogP contribution >= 0.6 is 11.3 Å². The maximum Gasteiger partial charge on any atom is 0.220 e. The van der Waals surface area contributed by atoms with Gasteiger partial charge in [0.15, 0.2) is 0 Å². The number of rotatable bonds is 8. The number of nitrogens with one attached hydrogen (secondary N) is 2. The number of amides is 1. The molecule has 0 aliphatic carbocycles. The summed E-state index contributed by atoms with van der Waals surface area (Å²) < 4.78 is 0. The predicted molar refractivity (Wildman–Crippen MR) is 84.0 cm³/mol. The summed E-state index contributed by atoms with van der Waals surface area (Å²) in [5.41, 5.74) is 0. The van der Waals surface area contributed by atoms with Gasteiger partial charge in [0.25, 0.3) is 0 Å². The van der Waals surface area contributed by atoms with Gasteiger partial charge in [0.2, 0.25) is 5.91 Å². The fourth-order valence-electron chi connectivity index (χ4n) is 2.67. The van der Waals surface area contributed by atoms with Crippen LogP contribution in [0.2, 0.25) is 0 Å². The molecule has 0 bridgehead atoms. The van der Waals surface area contributed by atoms with E-state index >= 15 is 0 Å². The Balaban J connectivity index is 1.83. The fraction of sp³-hybridized carbons (Fsp3) is 0.667. The van der Waals surface area contributed by atoms with Gasteiger partial charge < -0.3 is 10.6 Å². The van der Waals surface area contributed by atoms with Crippen molar-refractivity contribution in [2.24, 2.45) is 0 Å². The van der Waals surface area contributed by atoms with E-state index in [9.17, 15) is 4.79 Å². The second kappa shape index (κ2) is 8.39. The molecular formula is C15H25N3OS. The first-order valence-corrected chi connectivity index (χ1v) is 8.38. The molecule has 0 aromatic carbocycles. The van der Waals surface area contributed by atoms with E-state index in [1.165, 1.54) is 17.7 Å². The van der Waals surface area contributed by atoms with E-state index in [2.05, 4.69) is 33.0 Å². The van der Waals surface area contributed by atoms with Crippen LogP contribution < -0.4 is 10.6 Å². The molecule has 2 heterocycles. The number of carbonyl (C=O) groups is 1. The van der Waals surface area contributed by atoms with Gasteiger partial charge in [-0.1, -0.05) is 6.07 Å². The third-order valence-corrected chi connectivity index (χ3v) is 4.75. The zero-order chi connectivity index (χ0) is 14.2. The molecule has 1 saturated heterocycles. The third-order valence-electron chi connectivity index (χ3n) is 3.78. The molecule has 1 aliphatic rings. The average Bonchev–Trinajstić information content (AvgIpc) is 3.12. The Morgan fingerprint density at radius 3 is 2.90 bits per heavy atom. The van der Waals surface area contributed by atoms with E-state index in [-0.39, 0.29) is 5.91 Å². The van der Waals surface area contributed by atoms with Gasteiger partial charge in [0.05, 0.1) is 6.04 Å². The maximum absolute atomic E-state index is 11.9. The Hall–Kier alpha value is -0.910. The summed E-state index contributed by atoms with van der Waals surface area (Å²) in [6.45, 7) is 3.93. The Labute approximate surface area is 125 Å². The van der Waals surface area contributed by atoms with Crippen molar-refractivity contribution in [2.45, 2.75) is 31.7 Å². The Bertz CT molecular complexity index is 388. The molecule has 20 heavy (non-hydrogen) atoms. The normalized spacial score (nSPS) is 17.2. The van der Waals surface area contributed by atoms with Crippen molar-refractivity contribution in [3.63, 3.8) is 0 Å². The highest BCUT2D eigenvalue weighted by Gasteiger charge is 2.24. The zero-order valence-electron chi connectivity index (χ0n) is 12.2. The van der Waals surface area contributed by atoms with Crippen LogP contribution in [-0.2, 0) is 4.79 Å². The Morgan fingerprint density at radius 2 is 2.25 bits per heavy atom. The molecule has 1 aromatic heterocycles. The summed E-state index contributed by atoms with van der Waals surface area (Å²) in [4.78, 5) is 15.7. The highest BCUT2D eigenvalue weighted by atomic mass is 32.1. The monoisotopic (exact) mass is 295 g/mol.